The highest BCUT2D eigenvalue weighted by molar-refractivity contribution is 6.36. The number of benzene rings is 1. The molecule has 0 aliphatic carbocycles. The quantitative estimate of drug-likeness (QED) is 0.218. The van der Waals surface area contributed by atoms with Gasteiger partial charge in [-0.3, -0.25) is 15.0 Å². The lowest BCUT2D eigenvalue weighted by molar-refractivity contribution is 0.178. The second kappa shape index (κ2) is 11.0. The summed E-state index contributed by atoms with van der Waals surface area (Å²) in [6.07, 6.45) is 7.57. The maximum Gasteiger partial charge on any atom is 0.249 e. The topological polar surface area (TPSA) is 114 Å². The van der Waals surface area contributed by atoms with Crippen LogP contribution >= 0.6 is 11.6 Å². The zero-order chi connectivity index (χ0) is 27.5. The molecule has 3 aromatic heterocycles. The lowest BCUT2D eigenvalue weighted by Crippen LogP contribution is -2.43. The number of aromatic nitrogens is 3. The van der Waals surface area contributed by atoms with Crippen LogP contribution in [0.1, 0.15) is 24.1 Å². The summed E-state index contributed by atoms with van der Waals surface area (Å²) in [5, 5.41) is 18.5. The molecule has 9 nitrogen and oxygen atoms in total. The van der Waals surface area contributed by atoms with Crippen molar-refractivity contribution in [2.45, 2.75) is 19.0 Å². The smallest absolute Gasteiger partial charge is 0.249 e. The number of nitrogens with zero attached hydrogens (tertiary/aromatic N) is 5. The molecule has 0 spiro atoms. The minimum absolute atomic E-state index is 0.133. The standard InChI is InChI=1S/C26H21ClF3N9/c1-14(8-28)39-13-22(37-38-39)24(15-3-2-4-32-10-15)35-17-5-19-23(36-18-7-21(29)26(30)34-12-18)16(9-31)11-33-25(19)20(27)6-17/h2-7,10-14,24,35,37-38H,8H2,1H3,(H,33,36)/t14-,24?/m0/s1. The first kappa shape index (κ1) is 26.0. The summed E-state index contributed by atoms with van der Waals surface area (Å²) in [5.41, 5.74) is 9.04. The Morgan fingerprint density at radius 1 is 1.15 bits per heavy atom. The van der Waals surface area contributed by atoms with E-state index in [0.29, 0.717) is 28.0 Å². The van der Waals surface area contributed by atoms with Gasteiger partial charge in [0.2, 0.25) is 5.95 Å². The van der Waals surface area contributed by atoms with E-state index in [1.807, 2.05) is 6.07 Å². The zero-order valence-electron chi connectivity index (χ0n) is 20.4. The number of halogens is 4. The van der Waals surface area contributed by atoms with E-state index >= 15 is 0 Å². The van der Waals surface area contributed by atoms with Crippen molar-refractivity contribution in [3.63, 3.8) is 0 Å². The van der Waals surface area contributed by atoms with Gasteiger partial charge in [-0.25, -0.2) is 13.8 Å². The van der Waals surface area contributed by atoms with Gasteiger partial charge in [0.05, 0.1) is 51.5 Å². The third-order valence-corrected chi connectivity index (χ3v) is 6.34. The van der Waals surface area contributed by atoms with Crippen LogP contribution in [0.2, 0.25) is 5.02 Å². The molecule has 0 amide bonds. The average Bonchev–Trinajstić information content (AvgIpc) is 3.44. The van der Waals surface area contributed by atoms with Gasteiger partial charge >= 0.3 is 0 Å². The van der Waals surface area contributed by atoms with Gasteiger partial charge in [-0.05, 0) is 30.7 Å². The average molecular weight is 552 g/mol. The molecule has 13 heteroatoms. The van der Waals surface area contributed by atoms with Crippen LogP contribution in [0.4, 0.5) is 30.2 Å². The van der Waals surface area contributed by atoms with E-state index in [-0.39, 0.29) is 16.3 Å². The molecule has 198 valence electrons. The van der Waals surface area contributed by atoms with Crippen LogP contribution < -0.4 is 21.6 Å². The molecule has 0 saturated carbocycles. The molecule has 0 bridgehead atoms. The van der Waals surface area contributed by atoms with Crippen molar-refractivity contribution in [3.8, 4) is 6.07 Å². The van der Waals surface area contributed by atoms with Crippen molar-refractivity contribution < 1.29 is 13.2 Å². The van der Waals surface area contributed by atoms with Gasteiger partial charge < -0.3 is 16.1 Å². The largest absolute Gasteiger partial charge is 0.373 e. The fraction of sp³-hybridized carbons (Fsp3) is 0.154. The summed E-state index contributed by atoms with van der Waals surface area (Å²) in [7, 11) is 0. The maximum absolute atomic E-state index is 13.8. The number of hydrazine groups is 2. The summed E-state index contributed by atoms with van der Waals surface area (Å²) in [5.74, 6) is -2.38. The Morgan fingerprint density at radius 3 is 2.72 bits per heavy atom. The van der Waals surface area contributed by atoms with Crippen molar-refractivity contribution >= 4 is 39.6 Å². The lowest BCUT2D eigenvalue weighted by Gasteiger charge is -2.22. The fourth-order valence-corrected chi connectivity index (χ4v) is 4.32. The number of hydrogen-bond acceptors (Lipinski definition) is 9. The van der Waals surface area contributed by atoms with Crippen molar-refractivity contribution in [2.24, 2.45) is 0 Å². The monoisotopic (exact) mass is 551 g/mol. The molecule has 0 saturated heterocycles. The summed E-state index contributed by atoms with van der Waals surface area (Å²) in [4.78, 5) is 11.9. The van der Waals surface area contributed by atoms with Crippen LogP contribution in [0.25, 0.3) is 10.9 Å². The second-order valence-corrected chi connectivity index (χ2v) is 9.14. The molecule has 1 aliphatic heterocycles. The van der Waals surface area contributed by atoms with Gasteiger partial charge in [-0.2, -0.15) is 9.65 Å². The molecule has 0 radical (unpaired) electrons. The van der Waals surface area contributed by atoms with Gasteiger partial charge in [0.15, 0.2) is 5.82 Å². The normalized spacial score (nSPS) is 14.4. The lowest BCUT2D eigenvalue weighted by atomic mass is 10.0. The highest BCUT2D eigenvalue weighted by Crippen LogP contribution is 2.37. The van der Waals surface area contributed by atoms with Crippen LogP contribution in [0.15, 0.2) is 67.0 Å². The number of pyridine rings is 3. The van der Waals surface area contributed by atoms with Crippen molar-refractivity contribution in [1.29, 1.82) is 5.26 Å². The molecule has 1 aromatic carbocycles. The molecular formula is C26H21ClF3N9. The zero-order valence-corrected chi connectivity index (χ0v) is 21.1. The minimum Gasteiger partial charge on any atom is -0.373 e. The number of nitrogens with one attached hydrogen (secondary N) is 4. The molecule has 4 aromatic rings. The van der Waals surface area contributed by atoms with E-state index in [9.17, 15) is 18.4 Å². The van der Waals surface area contributed by atoms with Gasteiger partial charge in [0.1, 0.15) is 12.7 Å². The molecule has 2 atom stereocenters. The van der Waals surface area contributed by atoms with E-state index in [0.717, 1.165) is 17.8 Å². The molecule has 4 heterocycles. The predicted octanol–water partition coefficient (Wildman–Crippen LogP) is 5.25. The summed E-state index contributed by atoms with van der Waals surface area (Å²) in [6.45, 7) is 1.18. The van der Waals surface area contributed by atoms with Crippen molar-refractivity contribution in [1.82, 2.24) is 30.9 Å². The van der Waals surface area contributed by atoms with Gasteiger partial charge in [0, 0.05) is 41.9 Å². The molecule has 4 N–H and O–H groups in total. The SMILES string of the molecule is C[C@@H](CF)N1C=C(C(Nc2cc(Cl)c3ncc(C#N)c(Nc4cnc(F)c(F)c4)c3c2)c2cccnc2)NN1. The Kier molecular flexibility index (Phi) is 7.36. The molecular weight excluding hydrogens is 531 g/mol. The maximum atomic E-state index is 13.8. The van der Waals surface area contributed by atoms with Crippen LogP contribution in [-0.2, 0) is 0 Å². The van der Waals surface area contributed by atoms with E-state index in [1.54, 1.807) is 48.7 Å². The summed E-state index contributed by atoms with van der Waals surface area (Å²) < 4.78 is 40.5. The second-order valence-electron chi connectivity index (χ2n) is 8.73. The number of fused-ring (bicyclic) bond motifs is 1. The predicted molar refractivity (Wildman–Crippen MR) is 141 cm³/mol. The third-order valence-electron chi connectivity index (χ3n) is 6.06. The van der Waals surface area contributed by atoms with E-state index in [2.05, 4.69) is 42.6 Å². The molecule has 1 aliphatic rings. The summed E-state index contributed by atoms with van der Waals surface area (Å²) >= 11 is 6.61. The Balaban J connectivity index is 1.58. The Bertz CT molecular complexity index is 1590. The van der Waals surface area contributed by atoms with Gasteiger partial charge in [-0.1, -0.05) is 17.7 Å². The van der Waals surface area contributed by atoms with E-state index < -0.39 is 30.5 Å². The molecule has 5 rings (SSSR count). The number of anilines is 3. The third kappa shape index (κ3) is 5.36. The van der Waals surface area contributed by atoms with E-state index in [4.69, 9.17) is 11.6 Å². The summed E-state index contributed by atoms with van der Waals surface area (Å²) in [6, 6.07) is 9.22. The first-order chi connectivity index (χ1) is 18.9. The number of nitriles is 1. The first-order valence-corrected chi connectivity index (χ1v) is 12.1. The minimum atomic E-state index is -1.24. The highest BCUT2D eigenvalue weighted by atomic mass is 35.5. The van der Waals surface area contributed by atoms with Crippen LogP contribution in [0, 0.1) is 23.1 Å². The number of alkyl halides is 1. The molecule has 0 fully saturated rings. The van der Waals surface area contributed by atoms with E-state index in [1.165, 1.54) is 6.20 Å². The first-order valence-electron chi connectivity index (χ1n) is 11.7. The Labute approximate surface area is 226 Å². The van der Waals surface area contributed by atoms with Crippen LogP contribution in [0.5, 0.6) is 0 Å². The Hall–Kier alpha value is -4.60. The Morgan fingerprint density at radius 2 is 2.00 bits per heavy atom. The van der Waals surface area contributed by atoms with Crippen LogP contribution in [-0.4, -0.2) is 32.7 Å². The van der Waals surface area contributed by atoms with Gasteiger partial charge in [-0.15, -0.1) is 5.53 Å². The highest BCUT2D eigenvalue weighted by Gasteiger charge is 2.25. The van der Waals surface area contributed by atoms with Crippen molar-refractivity contribution in [3.05, 3.63) is 94.9 Å². The number of hydrogen-bond donors (Lipinski definition) is 4. The molecule has 39 heavy (non-hydrogen) atoms. The van der Waals surface area contributed by atoms with Crippen LogP contribution in [0.3, 0.4) is 0 Å². The fourth-order valence-electron chi connectivity index (χ4n) is 4.05. The number of rotatable bonds is 8. The van der Waals surface area contributed by atoms with Crippen molar-refractivity contribution in [2.75, 3.05) is 17.3 Å². The molecule has 1 unspecified atom stereocenters. The van der Waals surface area contributed by atoms with Gasteiger partial charge in [0.25, 0.3) is 0 Å².